The fourth-order valence-electron chi connectivity index (χ4n) is 12.1. The summed E-state index contributed by atoms with van der Waals surface area (Å²) in [5.41, 5.74) is 23.5. The molecule has 314 valence electrons. The van der Waals surface area contributed by atoms with Gasteiger partial charge in [0.15, 0.2) is 11.2 Å². The van der Waals surface area contributed by atoms with Crippen molar-refractivity contribution in [3.8, 4) is 34.0 Å². The number of fused-ring (bicyclic) bond motifs is 9. The fourth-order valence-corrected chi connectivity index (χ4v) is 12.1. The standard InChI is InChI=1S/C61H48N2O2/c1-59(2)45-17-9-7-15-41(45)55(43-29-25-37(33-49(43)59)57-62-51-19-11-13-21-53(51)64-57)35-23-27-39-40-28-24-36(32-48(40)61(5,6)47(39)31-35)56-42-16-8-10-18-46(42)60(3,4)50-34-38(26-30-44(50)56)58-63-52-20-12-14-22-54(52)65-58/h7-34,55-56H,1-6H3. The molecular formula is C61H48N2O2. The van der Waals surface area contributed by atoms with Crippen molar-refractivity contribution in [1.82, 2.24) is 9.97 Å². The van der Waals surface area contributed by atoms with Gasteiger partial charge in [-0.25, -0.2) is 9.97 Å². The molecular weight excluding hydrogens is 793 g/mol. The van der Waals surface area contributed by atoms with E-state index in [-0.39, 0.29) is 28.1 Å². The van der Waals surface area contributed by atoms with Crippen LogP contribution in [-0.2, 0) is 16.2 Å². The first-order chi connectivity index (χ1) is 31.5. The number of nitrogens with zero attached hydrogens (tertiary/aromatic N) is 2. The zero-order valence-corrected chi connectivity index (χ0v) is 37.5. The number of oxazole rings is 2. The monoisotopic (exact) mass is 840 g/mol. The average molecular weight is 841 g/mol. The molecule has 2 unspecified atom stereocenters. The molecule has 0 bridgehead atoms. The second kappa shape index (κ2) is 13.4. The van der Waals surface area contributed by atoms with Crippen molar-refractivity contribution < 1.29 is 8.83 Å². The van der Waals surface area contributed by atoms with Crippen LogP contribution in [-0.4, -0.2) is 9.97 Å². The molecule has 0 amide bonds. The largest absolute Gasteiger partial charge is 0.436 e. The molecule has 0 N–H and O–H groups in total. The zero-order valence-electron chi connectivity index (χ0n) is 37.5. The van der Waals surface area contributed by atoms with Crippen LogP contribution in [0.25, 0.3) is 56.2 Å². The summed E-state index contributed by atoms with van der Waals surface area (Å²) >= 11 is 0. The summed E-state index contributed by atoms with van der Waals surface area (Å²) in [5, 5.41) is 0. The molecule has 4 nitrogen and oxygen atoms in total. The molecule has 0 saturated carbocycles. The van der Waals surface area contributed by atoms with Crippen molar-refractivity contribution in [2.75, 3.05) is 0 Å². The maximum atomic E-state index is 6.30. The lowest BCUT2D eigenvalue weighted by atomic mass is 9.63. The van der Waals surface area contributed by atoms with E-state index in [0.717, 1.165) is 33.3 Å². The van der Waals surface area contributed by atoms with Gasteiger partial charge in [0.05, 0.1) is 0 Å². The van der Waals surface area contributed by atoms with E-state index >= 15 is 0 Å². The lowest BCUT2D eigenvalue weighted by Gasteiger charge is -2.40. The number of rotatable bonds is 4. The Morgan fingerprint density at radius 1 is 0.354 bits per heavy atom. The highest BCUT2D eigenvalue weighted by Gasteiger charge is 2.43. The van der Waals surface area contributed by atoms with Crippen LogP contribution in [0.1, 0.15) is 120 Å². The molecule has 0 fully saturated rings. The smallest absolute Gasteiger partial charge is 0.227 e. The van der Waals surface area contributed by atoms with Crippen molar-refractivity contribution in [2.45, 2.75) is 69.6 Å². The van der Waals surface area contributed by atoms with Crippen molar-refractivity contribution in [1.29, 1.82) is 0 Å². The summed E-state index contributed by atoms with van der Waals surface area (Å²) in [4.78, 5) is 9.78. The van der Waals surface area contributed by atoms with E-state index in [1.807, 2.05) is 48.5 Å². The molecule has 0 saturated heterocycles. The van der Waals surface area contributed by atoms with Gasteiger partial charge in [0, 0.05) is 39.2 Å². The molecule has 0 radical (unpaired) electrons. The minimum absolute atomic E-state index is 0.0746. The molecule has 3 aliphatic carbocycles. The molecule has 65 heavy (non-hydrogen) atoms. The van der Waals surface area contributed by atoms with Crippen molar-refractivity contribution in [3.63, 3.8) is 0 Å². The molecule has 13 rings (SSSR count). The average Bonchev–Trinajstić information content (AvgIpc) is 4.02. The van der Waals surface area contributed by atoms with Crippen LogP contribution in [0.3, 0.4) is 0 Å². The number of hydrogen-bond donors (Lipinski definition) is 0. The zero-order chi connectivity index (χ0) is 44.0. The van der Waals surface area contributed by atoms with E-state index < -0.39 is 0 Å². The van der Waals surface area contributed by atoms with Crippen molar-refractivity contribution in [2.24, 2.45) is 0 Å². The number of hydrogen-bond acceptors (Lipinski definition) is 4. The number of benzene rings is 8. The summed E-state index contributed by atoms with van der Waals surface area (Å²) in [6, 6.07) is 62.5. The van der Waals surface area contributed by atoms with Gasteiger partial charge in [0.1, 0.15) is 11.0 Å². The minimum atomic E-state index is -0.225. The first kappa shape index (κ1) is 38.2. The Hall–Kier alpha value is -7.30. The summed E-state index contributed by atoms with van der Waals surface area (Å²) in [7, 11) is 0. The molecule has 8 aromatic carbocycles. The van der Waals surface area contributed by atoms with Gasteiger partial charge in [0.25, 0.3) is 0 Å². The predicted molar refractivity (Wildman–Crippen MR) is 262 cm³/mol. The van der Waals surface area contributed by atoms with Gasteiger partial charge in [-0.2, -0.15) is 0 Å². The van der Waals surface area contributed by atoms with Crippen LogP contribution < -0.4 is 0 Å². The van der Waals surface area contributed by atoms with Crippen LogP contribution in [0.2, 0.25) is 0 Å². The second-order valence-electron chi connectivity index (χ2n) is 20.1. The first-order valence-electron chi connectivity index (χ1n) is 23.0. The maximum Gasteiger partial charge on any atom is 0.227 e. The third kappa shape index (κ3) is 5.43. The molecule has 2 atom stereocenters. The maximum absolute atomic E-state index is 6.30. The Morgan fingerprint density at radius 2 is 0.738 bits per heavy atom. The van der Waals surface area contributed by atoms with Gasteiger partial charge in [-0.1, -0.05) is 163 Å². The SMILES string of the molecule is CC1(C)c2cc(C3c4ccccc4C(C)(C)c4cc(-c5nc6ccccc6o5)ccc43)ccc2-c2ccc(C3c4ccccc4C(C)(C)c4cc(-c5nc6ccccc6o5)ccc43)cc21. The summed E-state index contributed by atoms with van der Waals surface area (Å²) in [6.45, 7) is 14.3. The molecule has 4 heteroatoms. The quantitative estimate of drug-likeness (QED) is 0.177. The van der Waals surface area contributed by atoms with Gasteiger partial charge < -0.3 is 8.83 Å². The predicted octanol–water partition coefficient (Wildman–Crippen LogP) is 15.2. The number of para-hydroxylation sites is 4. The van der Waals surface area contributed by atoms with Crippen LogP contribution in [0.4, 0.5) is 0 Å². The minimum Gasteiger partial charge on any atom is -0.436 e. The highest BCUT2D eigenvalue weighted by Crippen LogP contribution is 2.56. The van der Waals surface area contributed by atoms with E-state index in [0.29, 0.717) is 11.8 Å². The van der Waals surface area contributed by atoms with Crippen molar-refractivity contribution in [3.05, 3.63) is 237 Å². The highest BCUT2D eigenvalue weighted by molar-refractivity contribution is 5.83. The fraction of sp³-hybridized carbons (Fsp3) is 0.180. The molecule has 0 spiro atoms. The third-order valence-electron chi connectivity index (χ3n) is 15.4. The molecule has 3 aliphatic rings. The Kier molecular flexibility index (Phi) is 7.85. The Balaban J connectivity index is 0.911. The van der Waals surface area contributed by atoms with Gasteiger partial charge in [0.2, 0.25) is 11.8 Å². The van der Waals surface area contributed by atoms with Crippen LogP contribution >= 0.6 is 0 Å². The van der Waals surface area contributed by atoms with E-state index in [2.05, 4.69) is 163 Å². The summed E-state index contributed by atoms with van der Waals surface area (Å²) < 4.78 is 12.6. The van der Waals surface area contributed by atoms with Gasteiger partial charge in [-0.15, -0.1) is 0 Å². The molecule has 0 aliphatic heterocycles. The molecule has 2 aromatic heterocycles. The lowest BCUT2D eigenvalue weighted by Crippen LogP contribution is -2.30. The number of aromatic nitrogens is 2. The van der Waals surface area contributed by atoms with Gasteiger partial charge in [-0.05, 0) is 126 Å². The normalized spacial score (nSPS) is 18.1. The summed E-state index contributed by atoms with van der Waals surface area (Å²) in [5.74, 6) is 1.46. The second-order valence-corrected chi connectivity index (χ2v) is 20.1. The molecule has 10 aromatic rings. The Bertz CT molecular complexity index is 3310. The van der Waals surface area contributed by atoms with E-state index in [1.54, 1.807) is 0 Å². The van der Waals surface area contributed by atoms with E-state index in [4.69, 9.17) is 18.8 Å². The van der Waals surface area contributed by atoms with Crippen LogP contribution in [0, 0.1) is 0 Å². The summed E-state index contributed by atoms with van der Waals surface area (Å²) in [6.07, 6.45) is 0. The lowest BCUT2D eigenvalue weighted by molar-refractivity contribution is 0.593. The Morgan fingerprint density at radius 3 is 1.18 bits per heavy atom. The van der Waals surface area contributed by atoms with Gasteiger partial charge in [-0.3, -0.25) is 0 Å². The highest BCUT2D eigenvalue weighted by atomic mass is 16.4. The third-order valence-corrected chi connectivity index (χ3v) is 15.4. The Labute approximate surface area is 379 Å². The van der Waals surface area contributed by atoms with Crippen molar-refractivity contribution >= 4 is 22.2 Å². The van der Waals surface area contributed by atoms with Crippen LogP contribution in [0.5, 0.6) is 0 Å². The topological polar surface area (TPSA) is 52.1 Å². The molecule has 2 heterocycles. The van der Waals surface area contributed by atoms with E-state index in [1.165, 1.54) is 77.9 Å². The first-order valence-corrected chi connectivity index (χ1v) is 23.0. The van der Waals surface area contributed by atoms with Crippen LogP contribution in [0.15, 0.2) is 179 Å². The van der Waals surface area contributed by atoms with E-state index in [9.17, 15) is 0 Å². The van der Waals surface area contributed by atoms with Gasteiger partial charge >= 0.3 is 0 Å².